The Morgan fingerprint density at radius 3 is 2.61 bits per heavy atom. The first-order chi connectivity index (χ1) is 8.38. The van der Waals surface area contributed by atoms with E-state index in [1.165, 1.54) is 0 Å². The maximum Gasteiger partial charge on any atom is 0.345 e. The Morgan fingerprint density at radius 2 is 2.11 bits per heavy atom. The molecule has 1 rings (SSSR count). The Bertz CT molecular complexity index is 520. The molecule has 0 radical (unpaired) electrons. The third-order valence-electron chi connectivity index (χ3n) is 2.25. The van der Waals surface area contributed by atoms with Crippen LogP contribution in [0.2, 0.25) is 0 Å². The van der Waals surface area contributed by atoms with Gasteiger partial charge in [0.2, 0.25) is 10.0 Å². The standard InChI is InChI=1S/C10H15NO5S2/c1-7-9(6-8(17-7)10(13)14)18(15,16)11-4-2-3-5-12/h6,11-12H,2-5H2,1H3,(H,13,14). The van der Waals surface area contributed by atoms with Crippen molar-refractivity contribution in [3.8, 4) is 0 Å². The fraction of sp³-hybridized carbons (Fsp3) is 0.500. The van der Waals surface area contributed by atoms with Gasteiger partial charge in [0.25, 0.3) is 0 Å². The second-order valence-electron chi connectivity index (χ2n) is 3.66. The van der Waals surface area contributed by atoms with Gasteiger partial charge in [-0.05, 0) is 25.8 Å². The number of hydrogen-bond acceptors (Lipinski definition) is 5. The number of hydrogen-bond donors (Lipinski definition) is 3. The van der Waals surface area contributed by atoms with Gasteiger partial charge in [0.05, 0.1) is 4.90 Å². The molecule has 102 valence electrons. The van der Waals surface area contributed by atoms with Gasteiger partial charge in [-0.25, -0.2) is 17.9 Å². The van der Waals surface area contributed by atoms with Crippen molar-refractivity contribution in [1.82, 2.24) is 4.72 Å². The van der Waals surface area contributed by atoms with Crippen LogP contribution in [0.15, 0.2) is 11.0 Å². The van der Waals surface area contributed by atoms with Crippen LogP contribution in [-0.4, -0.2) is 37.8 Å². The number of rotatable bonds is 7. The fourth-order valence-corrected chi connectivity index (χ4v) is 3.86. The Balaban J connectivity index is 2.81. The molecule has 1 heterocycles. The molecule has 1 aromatic heterocycles. The first-order valence-electron chi connectivity index (χ1n) is 5.32. The molecule has 1 aromatic rings. The van der Waals surface area contributed by atoms with Crippen LogP contribution in [0.3, 0.4) is 0 Å². The van der Waals surface area contributed by atoms with E-state index in [0.29, 0.717) is 17.7 Å². The zero-order valence-corrected chi connectivity index (χ0v) is 11.5. The summed E-state index contributed by atoms with van der Waals surface area (Å²) in [5.74, 6) is -1.13. The van der Waals surface area contributed by atoms with Crippen molar-refractivity contribution in [3.05, 3.63) is 15.8 Å². The summed E-state index contributed by atoms with van der Waals surface area (Å²) in [4.78, 5) is 11.2. The monoisotopic (exact) mass is 293 g/mol. The van der Waals surface area contributed by atoms with Crippen molar-refractivity contribution in [2.24, 2.45) is 0 Å². The van der Waals surface area contributed by atoms with Crippen molar-refractivity contribution >= 4 is 27.3 Å². The minimum Gasteiger partial charge on any atom is -0.477 e. The quantitative estimate of drug-likeness (QED) is 0.645. The van der Waals surface area contributed by atoms with Gasteiger partial charge in [-0.15, -0.1) is 11.3 Å². The zero-order chi connectivity index (χ0) is 13.8. The maximum atomic E-state index is 11.9. The van der Waals surface area contributed by atoms with Crippen molar-refractivity contribution < 1.29 is 23.4 Å². The SMILES string of the molecule is Cc1sc(C(=O)O)cc1S(=O)(=O)NCCCCO. The summed E-state index contributed by atoms with van der Waals surface area (Å²) >= 11 is 0.934. The normalized spacial score (nSPS) is 11.7. The maximum absolute atomic E-state index is 11.9. The van der Waals surface area contributed by atoms with Gasteiger partial charge in [-0.1, -0.05) is 0 Å². The molecule has 0 aliphatic heterocycles. The van der Waals surface area contributed by atoms with Crippen molar-refractivity contribution in [1.29, 1.82) is 0 Å². The molecule has 0 bridgehead atoms. The van der Waals surface area contributed by atoms with Gasteiger partial charge in [0.15, 0.2) is 0 Å². The molecule has 0 amide bonds. The molecule has 0 atom stereocenters. The Morgan fingerprint density at radius 1 is 1.44 bits per heavy atom. The first-order valence-corrected chi connectivity index (χ1v) is 7.62. The molecular weight excluding hydrogens is 278 g/mol. The number of carboxylic acid groups (broad SMARTS) is 1. The fourth-order valence-electron chi connectivity index (χ4n) is 1.36. The summed E-state index contributed by atoms with van der Waals surface area (Å²) in [6, 6.07) is 1.16. The molecule has 0 unspecified atom stereocenters. The van der Waals surface area contributed by atoms with Crippen LogP contribution in [0.5, 0.6) is 0 Å². The number of carboxylic acids is 1. The van der Waals surface area contributed by atoms with Crippen molar-refractivity contribution in [2.45, 2.75) is 24.7 Å². The number of nitrogens with one attached hydrogen (secondary N) is 1. The number of aryl methyl sites for hydroxylation is 1. The van der Waals surface area contributed by atoms with Gasteiger partial charge in [-0.3, -0.25) is 0 Å². The van der Waals surface area contributed by atoms with Gasteiger partial charge in [0, 0.05) is 18.0 Å². The average molecular weight is 293 g/mol. The molecule has 0 aromatic carbocycles. The van der Waals surface area contributed by atoms with E-state index in [2.05, 4.69) is 4.72 Å². The molecular formula is C10H15NO5S2. The molecule has 0 spiro atoms. The van der Waals surface area contributed by atoms with Gasteiger partial charge in [0.1, 0.15) is 4.88 Å². The molecule has 0 saturated carbocycles. The lowest BCUT2D eigenvalue weighted by Crippen LogP contribution is -2.25. The highest BCUT2D eigenvalue weighted by molar-refractivity contribution is 7.89. The van der Waals surface area contributed by atoms with Crippen LogP contribution in [0.25, 0.3) is 0 Å². The minimum atomic E-state index is -3.67. The summed E-state index contributed by atoms with van der Waals surface area (Å²) in [5.41, 5.74) is 0. The van der Waals surface area contributed by atoms with Crippen LogP contribution in [0.1, 0.15) is 27.4 Å². The summed E-state index contributed by atoms with van der Waals surface area (Å²) in [6.45, 7) is 1.81. The second-order valence-corrected chi connectivity index (χ2v) is 6.66. The van der Waals surface area contributed by atoms with E-state index < -0.39 is 16.0 Å². The lowest BCUT2D eigenvalue weighted by molar-refractivity contribution is 0.0702. The van der Waals surface area contributed by atoms with Gasteiger partial charge in [-0.2, -0.15) is 0 Å². The highest BCUT2D eigenvalue weighted by Gasteiger charge is 2.21. The number of carbonyl (C=O) groups is 1. The Hall–Kier alpha value is -0.960. The van der Waals surface area contributed by atoms with E-state index in [0.717, 1.165) is 17.4 Å². The van der Waals surface area contributed by atoms with Crippen LogP contribution < -0.4 is 4.72 Å². The minimum absolute atomic E-state index is 0.00299. The van der Waals surface area contributed by atoms with Gasteiger partial charge < -0.3 is 10.2 Å². The number of unbranched alkanes of at least 4 members (excludes halogenated alkanes) is 1. The van der Waals surface area contributed by atoms with Crippen LogP contribution in [0.4, 0.5) is 0 Å². The average Bonchev–Trinajstić information content (AvgIpc) is 2.68. The zero-order valence-electron chi connectivity index (χ0n) is 9.84. The van der Waals surface area contributed by atoms with Crippen molar-refractivity contribution in [3.63, 3.8) is 0 Å². The molecule has 6 nitrogen and oxygen atoms in total. The lowest BCUT2D eigenvalue weighted by atomic mass is 10.3. The van der Waals surface area contributed by atoms with E-state index in [1.54, 1.807) is 6.92 Å². The molecule has 0 aliphatic carbocycles. The molecule has 0 fully saturated rings. The summed E-state index contributed by atoms with van der Waals surface area (Å²) in [6.07, 6.45) is 1.05. The summed E-state index contributed by atoms with van der Waals surface area (Å²) < 4.78 is 26.2. The molecule has 3 N–H and O–H groups in total. The van der Waals surface area contributed by atoms with E-state index in [1.807, 2.05) is 0 Å². The number of aliphatic hydroxyl groups is 1. The third kappa shape index (κ3) is 3.77. The number of sulfonamides is 1. The smallest absolute Gasteiger partial charge is 0.345 e. The molecule has 0 saturated heterocycles. The Kier molecular flexibility index (Phi) is 5.27. The Labute approximate surface area is 109 Å². The topological polar surface area (TPSA) is 104 Å². The number of aliphatic hydroxyl groups excluding tert-OH is 1. The second kappa shape index (κ2) is 6.28. The highest BCUT2D eigenvalue weighted by atomic mass is 32.2. The van der Waals surface area contributed by atoms with E-state index in [-0.39, 0.29) is 22.9 Å². The summed E-state index contributed by atoms with van der Waals surface area (Å²) in [5, 5.41) is 17.4. The van der Waals surface area contributed by atoms with Crippen molar-refractivity contribution in [2.75, 3.05) is 13.2 Å². The van der Waals surface area contributed by atoms with Crippen LogP contribution >= 0.6 is 11.3 Å². The number of aromatic carboxylic acids is 1. The highest BCUT2D eigenvalue weighted by Crippen LogP contribution is 2.25. The number of thiophene rings is 1. The molecule has 0 aliphatic rings. The lowest BCUT2D eigenvalue weighted by Gasteiger charge is -2.05. The largest absolute Gasteiger partial charge is 0.477 e. The van der Waals surface area contributed by atoms with Crippen LogP contribution in [0, 0.1) is 6.92 Å². The van der Waals surface area contributed by atoms with Gasteiger partial charge >= 0.3 is 5.97 Å². The first kappa shape index (κ1) is 15.1. The predicted octanol–water partition coefficient (Wildman–Crippen LogP) is 0.806. The van der Waals surface area contributed by atoms with Crippen LogP contribution in [-0.2, 0) is 10.0 Å². The molecule has 18 heavy (non-hydrogen) atoms. The third-order valence-corrected chi connectivity index (χ3v) is 5.00. The predicted molar refractivity (Wildman–Crippen MR) is 67.5 cm³/mol. The van der Waals surface area contributed by atoms with E-state index in [4.69, 9.17) is 10.2 Å². The van der Waals surface area contributed by atoms with E-state index in [9.17, 15) is 13.2 Å². The van der Waals surface area contributed by atoms with E-state index >= 15 is 0 Å². The summed E-state index contributed by atoms with van der Waals surface area (Å²) in [7, 11) is -3.67. The molecule has 8 heteroatoms.